The van der Waals surface area contributed by atoms with Crippen LogP contribution in [0.3, 0.4) is 0 Å². The Kier molecular flexibility index (Phi) is 10.0. The first-order valence-corrected chi connectivity index (χ1v) is 4.46. The normalized spacial score (nSPS) is 10.5. The molecule has 0 heterocycles. The predicted octanol–water partition coefficient (Wildman–Crippen LogP) is 1.98. The van der Waals surface area contributed by atoms with Gasteiger partial charge in [-0.2, -0.15) is 0 Å². The number of hydrogen-bond donors (Lipinski definition) is 1. The largest absolute Gasteiger partial charge is 0.453 e. The number of nitrogens with one attached hydrogen (secondary N) is 1. The minimum Gasteiger partial charge on any atom is -0.453 e. The number of rotatable bonds is 3. The Labute approximate surface area is 81.1 Å². The van der Waals surface area contributed by atoms with Crippen LogP contribution >= 0.6 is 0 Å². The predicted molar refractivity (Wildman–Crippen MR) is 53.8 cm³/mol. The van der Waals surface area contributed by atoms with E-state index in [0.29, 0.717) is 6.42 Å². The average Bonchev–Trinajstić information content (AvgIpc) is 2.16. The number of hydrogen-bond acceptors (Lipinski definition) is 3. The molecule has 0 aliphatic carbocycles. The molecule has 0 aromatic heterocycles. The van der Waals surface area contributed by atoms with Crippen molar-refractivity contribution < 1.29 is 15.8 Å². The molecule has 80 valence electrons. The Hall–Kier alpha value is -1.06. The summed E-state index contributed by atoms with van der Waals surface area (Å²) in [6, 6.07) is -0.414. The SMILES string of the molecule is CC.CC[C@@H](NC(=O)OC)C(C)=O.[HH]. The topological polar surface area (TPSA) is 55.4 Å². The van der Waals surface area contributed by atoms with Crippen molar-refractivity contribution in [2.45, 2.75) is 40.2 Å². The van der Waals surface area contributed by atoms with Crippen LogP contribution in [0, 0.1) is 0 Å². The van der Waals surface area contributed by atoms with Gasteiger partial charge in [-0.3, -0.25) is 4.79 Å². The van der Waals surface area contributed by atoms with Crippen LogP contribution in [0.4, 0.5) is 4.79 Å². The summed E-state index contributed by atoms with van der Waals surface area (Å²) >= 11 is 0. The third kappa shape index (κ3) is 7.31. The molecule has 0 bridgehead atoms. The lowest BCUT2D eigenvalue weighted by molar-refractivity contribution is -0.118. The van der Waals surface area contributed by atoms with Crippen molar-refractivity contribution >= 4 is 11.9 Å². The second-order valence-corrected chi connectivity index (χ2v) is 2.21. The molecule has 0 saturated heterocycles. The molecule has 0 unspecified atom stereocenters. The quantitative estimate of drug-likeness (QED) is 0.742. The smallest absolute Gasteiger partial charge is 0.407 e. The van der Waals surface area contributed by atoms with Gasteiger partial charge in [0.05, 0.1) is 13.2 Å². The molecular weight excluding hydrogens is 170 g/mol. The van der Waals surface area contributed by atoms with Gasteiger partial charge in [0.1, 0.15) is 0 Å². The van der Waals surface area contributed by atoms with Crippen LogP contribution in [0.1, 0.15) is 35.5 Å². The van der Waals surface area contributed by atoms with Crippen LogP contribution in [0.25, 0.3) is 0 Å². The van der Waals surface area contributed by atoms with Gasteiger partial charge in [-0.05, 0) is 13.3 Å². The maximum Gasteiger partial charge on any atom is 0.407 e. The molecule has 0 radical (unpaired) electrons. The zero-order valence-electron chi connectivity index (χ0n) is 9.01. The van der Waals surface area contributed by atoms with Crippen molar-refractivity contribution in [2.75, 3.05) is 7.11 Å². The van der Waals surface area contributed by atoms with Crippen LogP contribution in [-0.4, -0.2) is 25.0 Å². The highest BCUT2D eigenvalue weighted by molar-refractivity contribution is 5.85. The van der Waals surface area contributed by atoms with Crippen molar-refractivity contribution in [3.8, 4) is 0 Å². The fourth-order valence-corrected chi connectivity index (χ4v) is 0.692. The van der Waals surface area contributed by atoms with Crippen molar-refractivity contribution in [3.05, 3.63) is 0 Å². The zero-order valence-corrected chi connectivity index (χ0v) is 9.01. The van der Waals surface area contributed by atoms with E-state index in [9.17, 15) is 9.59 Å². The molecule has 0 saturated carbocycles. The maximum atomic E-state index is 10.8. The fourth-order valence-electron chi connectivity index (χ4n) is 0.692. The maximum absolute atomic E-state index is 10.8. The van der Waals surface area contributed by atoms with E-state index in [1.54, 1.807) is 0 Å². The van der Waals surface area contributed by atoms with Gasteiger partial charge in [0.25, 0.3) is 0 Å². The van der Waals surface area contributed by atoms with Crippen LogP contribution in [-0.2, 0) is 9.53 Å². The Morgan fingerprint density at radius 3 is 2.15 bits per heavy atom. The summed E-state index contributed by atoms with van der Waals surface area (Å²) < 4.78 is 4.33. The molecule has 4 nitrogen and oxygen atoms in total. The lowest BCUT2D eigenvalue weighted by atomic mass is 10.1. The van der Waals surface area contributed by atoms with Crippen LogP contribution < -0.4 is 5.32 Å². The molecule has 13 heavy (non-hydrogen) atoms. The fraction of sp³-hybridized carbons (Fsp3) is 0.778. The second kappa shape index (κ2) is 9.03. The number of ether oxygens (including phenoxy) is 1. The van der Waals surface area contributed by atoms with Crippen LogP contribution in [0.15, 0.2) is 0 Å². The number of alkyl carbamates (subject to hydrolysis) is 1. The van der Waals surface area contributed by atoms with Gasteiger partial charge < -0.3 is 10.1 Å². The lowest BCUT2D eigenvalue weighted by Gasteiger charge is -2.11. The molecule has 0 rings (SSSR count). The monoisotopic (exact) mass is 191 g/mol. The molecule has 0 aromatic rings. The highest BCUT2D eigenvalue weighted by Gasteiger charge is 2.13. The molecule has 0 aliphatic heterocycles. The van der Waals surface area contributed by atoms with Gasteiger partial charge >= 0.3 is 6.09 Å². The summed E-state index contributed by atoms with van der Waals surface area (Å²) in [4.78, 5) is 21.4. The Morgan fingerprint density at radius 2 is 1.92 bits per heavy atom. The lowest BCUT2D eigenvalue weighted by Crippen LogP contribution is -2.39. The van der Waals surface area contributed by atoms with Crippen LogP contribution in [0.5, 0.6) is 0 Å². The highest BCUT2D eigenvalue weighted by Crippen LogP contribution is 1.92. The first kappa shape index (κ1) is 14.5. The molecule has 0 aromatic carbocycles. The first-order valence-electron chi connectivity index (χ1n) is 4.46. The van der Waals surface area contributed by atoms with Gasteiger partial charge in [-0.25, -0.2) is 4.79 Å². The summed E-state index contributed by atoms with van der Waals surface area (Å²) in [5.74, 6) is -0.0575. The third-order valence-corrected chi connectivity index (χ3v) is 1.38. The zero-order chi connectivity index (χ0) is 10.9. The second-order valence-electron chi connectivity index (χ2n) is 2.21. The summed E-state index contributed by atoms with van der Waals surface area (Å²) in [6.07, 6.45) is 0.0248. The van der Waals surface area contributed by atoms with Crippen molar-refractivity contribution in [1.82, 2.24) is 5.32 Å². The van der Waals surface area contributed by atoms with E-state index in [1.807, 2.05) is 20.8 Å². The Balaban J connectivity index is -0.000000376. The van der Waals surface area contributed by atoms with E-state index in [0.717, 1.165) is 0 Å². The van der Waals surface area contributed by atoms with E-state index >= 15 is 0 Å². The van der Waals surface area contributed by atoms with E-state index in [2.05, 4.69) is 10.1 Å². The highest BCUT2D eigenvalue weighted by atomic mass is 16.5. The third-order valence-electron chi connectivity index (χ3n) is 1.38. The minimum absolute atomic E-state index is 0. The van der Waals surface area contributed by atoms with Crippen molar-refractivity contribution in [3.63, 3.8) is 0 Å². The van der Waals surface area contributed by atoms with Crippen molar-refractivity contribution in [2.24, 2.45) is 0 Å². The molecule has 1 N–H and O–H groups in total. The van der Waals surface area contributed by atoms with Gasteiger partial charge in [-0.1, -0.05) is 20.8 Å². The molecule has 0 fully saturated rings. The molecular formula is C9H21NO3. The minimum atomic E-state index is -0.563. The van der Waals surface area contributed by atoms with Gasteiger partial charge in [-0.15, -0.1) is 0 Å². The Morgan fingerprint density at radius 1 is 1.46 bits per heavy atom. The van der Waals surface area contributed by atoms with E-state index in [-0.39, 0.29) is 7.21 Å². The number of amides is 1. The van der Waals surface area contributed by atoms with E-state index < -0.39 is 12.1 Å². The van der Waals surface area contributed by atoms with Gasteiger partial charge in [0.2, 0.25) is 0 Å². The number of carbonyl (C=O) groups excluding carboxylic acids is 2. The molecule has 0 spiro atoms. The van der Waals surface area contributed by atoms with E-state index in [4.69, 9.17) is 0 Å². The molecule has 0 aliphatic rings. The molecule has 4 heteroatoms. The summed E-state index contributed by atoms with van der Waals surface area (Å²) in [7, 11) is 1.27. The van der Waals surface area contributed by atoms with E-state index in [1.165, 1.54) is 14.0 Å². The van der Waals surface area contributed by atoms with Crippen molar-refractivity contribution in [1.29, 1.82) is 0 Å². The first-order chi connectivity index (χ1) is 6.11. The standard InChI is InChI=1S/C7H13NO3.C2H6.H2/c1-4-6(5(2)9)8-7(10)11-3;1-2;/h6H,4H2,1-3H3,(H,8,10);1-2H3;1H/t6-;;/m1../s1. The van der Waals surface area contributed by atoms with Gasteiger partial charge in [0, 0.05) is 1.43 Å². The summed E-state index contributed by atoms with van der Waals surface area (Å²) in [6.45, 7) is 7.26. The number of methoxy groups -OCH3 is 1. The van der Waals surface area contributed by atoms with Gasteiger partial charge in [0.15, 0.2) is 5.78 Å². The van der Waals surface area contributed by atoms with Crippen LogP contribution in [0.2, 0.25) is 0 Å². The Bertz CT molecular complexity index is 162. The molecule has 1 amide bonds. The summed E-state index contributed by atoms with van der Waals surface area (Å²) in [5, 5.41) is 2.41. The molecule has 1 atom stereocenters. The average molecular weight is 191 g/mol. The number of ketones is 1. The number of Topliss-reactive ketones (excluding diaryl/α,β-unsaturated/α-hetero) is 1. The summed E-state index contributed by atoms with van der Waals surface area (Å²) in [5.41, 5.74) is 0. The number of carbonyl (C=O) groups is 2.